The average Bonchev–Trinajstić information content (AvgIpc) is 3.59. The van der Waals surface area contributed by atoms with E-state index in [4.69, 9.17) is 21.3 Å². The van der Waals surface area contributed by atoms with Gasteiger partial charge in [-0.05, 0) is 73.4 Å². The Morgan fingerprint density at radius 1 is 1.11 bits per heavy atom. The zero-order valence-corrected chi connectivity index (χ0v) is 29.9. The van der Waals surface area contributed by atoms with E-state index in [0.717, 1.165) is 53.3 Å². The molecule has 5 aromatic rings. The average molecular weight is 737 g/mol. The number of amides is 1. The fraction of sp³-hybridized carbons (Fsp3) is 0.436. The van der Waals surface area contributed by atoms with E-state index in [9.17, 15) is 18.0 Å². The van der Waals surface area contributed by atoms with Crippen LogP contribution in [0.15, 0.2) is 55.8 Å². The minimum absolute atomic E-state index is 0.0105. The maximum Gasteiger partial charge on any atom is 0.422 e. The summed E-state index contributed by atoms with van der Waals surface area (Å²) in [5.74, 6) is 1.17. The van der Waals surface area contributed by atoms with Crippen molar-refractivity contribution < 1.29 is 22.7 Å². The van der Waals surface area contributed by atoms with Gasteiger partial charge in [-0.15, -0.1) is 0 Å². The van der Waals surface area contributed by atoms with Crippen LogP contribution in [-0.2, 0) is 10.3 Å². The monoisotopic (exact) mass is 736 g/mol. The van der Waals surface area contributed by atoms with Crippen molar-refractivity contribution in [3.8, 4) is 16.9 Å². The Labute approximate surface area is 309 Å². The molecule has 0 radical (unpaired) electrons. The molecule has 1 spiro atoms. The topological polar surface area (TPSA) is 113 Å². The molecule has 6 heterocycles. The van der Waals surface area contributed by atoms with Crippen molar-refractivity contribution in [2.45, 2.75) is 50.2 Å². The summed E-state index contributed by atoms with van der Waals surface area (Å²) in [6, 6.07) is 5.95. The molecule has 9 rings (SSSR count). The number of anilines is 2. The van der Waals surface area contributed by atoms with Gasteiger partial charge in [0.25, 0.3) is 0 Å². The molecule has 3 aromatic heterocycles. The quantitative estimate of drug-likeness (QED) is 0.140. The van der Waals surface area contributed by atoms with Gasteiger partial charge in [0.2, 0.25) is 18.4 Å². The van der Waals surface area contributed by atoms with Gasteiger partial charge in [0, 0.05) is 60.3 Å². The lowest BCUT2D eigenvalue weighted by Crippen LogP contribution is -2.64. The molecule has 0 unspecified atom stereocenters. The molecule has 3 aliphatic heterocycles. The SMILES string of the molecule is [C-]#[N+]CC1(n2ccnc2)CN(c2nc(N3CCC4(CC3)CN(C(=O)C=C)C4)c3cc(C4CC4)c(-c4c(C)ccc5[nH]ncc45)c(OCC(F)(F)F)c3n2)C1. The zero-order valence-electron chi connectivity index (χ0n) is 29.9. The van der Waals surface area contributed by atoms with Crippen molar-refractivity contribution in [2.24, 2.45) is 5.41 Å². The molecule has 0 atom stereocenters. The number of halogens is 3. The van der Waals surface area contributed by atoms with Crippen molar-refractivity contribution >= 4 is 39.5 Å². The molecule has 12 nitrogen and oxygen atoms in total. The van der Waals surface area contributed by atoms with Crippen molar-refractivity contribution in [3.63, 3.8) is 0 Å². The fourth-order valence-electron chi connectivity index (χ4n) is 8.73. The van der Waals surface area contributed by atoms with Crippen LogP contribution in [0.3, 0.4) is 0 Å². The van der Waals surface area contributed by atoms with Crippen molar-refractivity contribution in [1.82, 2.24) is 34.6 Å². The first kappa shape index (κ1) is 34.1. The van der Waals surface area contributed by atoms with Gasteiger partial charge in [0.1, 0.15) is 11.3 Å². The molecular weight excluding hydrogens is 697 g/mol. The normalized spacial score (nSPS) is 19.1. The van der Waals surface area contributed by atoms with Crippen LogP contribution in [0.1, 0.15) is 42.7 Å². The van der Waals surface area contributed by atoms with Crippen LogP contribution < -0.4 is 14.5 Å². The molecular formula is C39H39F3N10O2. The number of aryl methyl sites for hydroxylation is 1. The Hall–Kier alpha value is -5.65. The Morgan fingerprint density at radius 2 is 1.89 bits per heavy atom. The van der Waals surface area contributed by atoms with E-state index in [1.807, 2.05) is 39.6 Å². The van der Waals surface area contributed by atoms with Crippen LogP contribution in [0.2, 0.25) is 0 Å². The number of ether oxygens (including phenoxy) is 1. The highest BCUT2D eigenvalue weighted by Gasteiger charge is 2.50. The highest BCUT2D eigenvalue weighted by atomic mass is 19.4. The van der Waals surface area contributed by atoms with Gasteiger partial charge in [0.15, 0.2) is 17.9 Å². The predicted octanol–water partition coefficient (Wildman–Crippen LogP) is 6.25. The molecule has 1 N–H and O–H groups in total. The maximum absolute atomic E-state index is 14.1. The number of fused-ring (bicyclic) bond motifs is 2. The number of rotatable bonds is 9. The lowest BCUT2D eigenvalue weighted by molar-refractivity contribution is -0.153. The first-order valence-electron chi connectivity index (χ1n) is 18.2. The van der Waals surface area contributed by atoms with Crippen LogP contribution in [0.25, 0.3) is 37.8 Å². The third-order valence-electron chi connectivity index (χ3n) is 11.8. The third-order valence-corrected chi connectivity index (χ3v) is 11.8. The molecule has 278 valence electrons. The molecule has 1 aliphatic carbocycles. The molecule has 1 amide bonds. The summed E-state index contributed by atoms with van der Waals surface area (Å²) in [6.07, 6.45) is 7.18. The van der Waals surface area contributed by atoms with E-state index >= 15 is 0 Å². The van der Waals surface area contributed by atoms with Gasteiger partial charge in [-0.3, -0.25) is 9.89 Å². The van der Waals surface area contributed by atoms with E-state index in [2.05, 4.69) is 37.6 Å². The molecule has 4 fully saturated rings. The van der Waals surface area contributed by atoms with Crippen LogP contribution in [0.4, 0.5) is 24.9 Å². The number of aromatic amines is 1. The van der Waals surface area contributed by atoms with Crippen molar-refractivity contribution in [3.05, 3.63) is 78.3 Å². The summed E-state index contributed by atoms with van der Waals surface area (Å²) >= 11 is 0. The number of carbonyl (C=O) groups is 1. The standard InChI is InChI=1S/C39H39F3N10O2/c1-4-30(53)50-18-37(19-50)9-12-49(13-10-37)35-27-15-26(25-6-7-25)32(31-24(2)5-8-29-28(31)16-45-48-29)34(54-22-39(40,41)42)33(27)46-36(47-35)51-20-38(21-51,17-43-3)52-14-11-44-23-52/h4-5,8,11,14-16,23,25H,1,6-7,9-10,12-13,17-22H2,2H3,(H,45,48). The van der Waals surface area contributed by atoms with Crippen LogP contribution in [0, 0.1) is 18.9 Å². The number of imidazole rings is 1. The predicted molar refractivity (Wildman–Crippen MR) is 197 cm³/mol. The lowest BCUT2D eigenvalue weighted by atomic mass is 9.72. The zero-order chi connectivity index (χ0) is 37.4. The molecule has 4 aliphatic rings. The summed E-state index contributed by atoms with van der Waals surface area (Å²) in [5, 5.41) is 8.74. The number of nitrogens with one attached hydrogen (secondary N) is 1. The number of hydrogen-bond donors (Lipinski definition) is 1. The highest BCUT2D eigenvalue weighted by Crippen LogP contribution is 2.53. The van der Waals surface area contributed by atoms with E-state index in [1.54, 1.807) is 18.7 Å². The summed E-state index contributed by atoms with van der Waals surface area (Å²) in [6.45, 7) is 15.5. The summed E-state index contributed by atoms with van der Waals surface area (Å²) in [7, 11) is 0. The number of aromatic nitrogens is 6. The Kier molecular flexibility index (Phi) is 7.88. The first-order chi connectivity index (χ1) is 26.0. The van der Waals surface area contributed by atoms with E-state index in [-0.39, 0.29) is 29.5 Å². The van der Waals surface area contributed by atoms with Gasteiger partial charge in [-0.2, -0.15) is 23.3 Å². The summed E-state index contributed by atoms with van der Waals surface area (Å²) < 4.78 is 50.3. The molecule has 1 saturated carbocycles. The van der Waals surface area contributed by atoms with Gasteiger partial charge >= 0.3 is 6.18 Å². The van der Waals surface area contributed by atoms with E-state index in [0.29, 0.717) is 67.5 Å². The molecule has 15 heteroatoms. The number of hydrogen-bond acceptors (Lipinski definition) is 8. The van der Waals surface area contributed by atoms with Crippen LogP contribution >= 0.6 is 0 Å². The number of alkyl halides is 3. The molecule has 3 saturated heterocycles. The number of piperidine rings is 1. The minimum Gasteiger partial charge on any atom is -0.481 e. The fourth-order valence-corrected chi connectivity index (χ4v) is 8.73. The number of benzene rings is 2. The van der Waals surface area contributed by atoms with Crippen molar-refractivity contribution in [1.29, 1.82) is 0 Å². The molecule has 0 bridgehead atoms. The second-order valence-corrected chi connectivity index (χ2v) is 15.4. The van der Waals surface area contributed by atoms with E-state index in [1.165, 1.54) is 6.08 Å². The summed E-state index contributed by atoms with van der Waals surface area (Å²) in [4.78, 5) is 36.5. The first-order valence-corrected chi connectivity index (χ1v) is 18.2. The number of H-pyrrole nitrogens is 1. The largest absolute Gasteiger partial charge is 0.481 e. The van der Waals surface area contributed by atoms with Crippen molar-refractivity contribution in [2.75, 3.05) is 62.2 Å². The van der Waals surface area contributed by atoms with Gasteiger partial charge in [0.05, 0.1) is 31.1 Å². The Balaban J connectivity index is 1.21. The maximum atomic E-state index is 14.1. The highest BCUT2D eigenvalue weighted by molar-refractivity contribution is 6.06. The van der Waals surface area contributed by atoms with Gasteiger partial charge in [-0.1, -0.05) is 12.6 Å². The van der Waals surface area contributed by atoms with Crippen LogP contribution in [0.5, 0.6) is 5.75 Å². The second kappa shape index (κ2) is 12.5. The van der Waals surface area contributed by atoms with Gasteiger partial charge < -0.3 is 28.8 Å². The van der Waals surface area contributed by atoms with E-state index < -0.39 is 18.3 Å². The number of likely N-dealkylation sites (tertiary alicyclic amines) is 1. The molecule has 54 heavy (non-hydrogen) atoms. The van der Waals surface area contributed by atoms with Crippen LogP contribution in [-0.4, -0.2) is 99.1 Å². The van der Waals surface area contributed by atoms with Gasteiger partial charge in [-0.25, -0.2) is 16.5 Å². The third kappa shape index (κ3) is 5.70. The number of carbonyl (C=O) groups excluding carboxylic acids is 1. The Bertz CT molecular complexity index is 2320. The Morgan fingerprint density at radius 3 is 2.56 bits per heavy atom. The molecule has 2 aromatic carbocycles. The smallest absolute Gasteiger partial charge is 0.422 e. The minimum atomic E-state index is -4.60. The second-order valence-electron chi connectivity index (χ2n) is 15.4. The number of nitrogens with zero attached hydrogens (tertiary/aromatic N) is 9. The lowest BCUT2D eigenvalue weighted by Gasteiger charge is -2.54. The summed E-state index contributed by atoms with van der Waals surface area (Å²) in [5.41, 5.74) is 3.73.